The van der Waals surface area contributed by atoms with E-state index in [2.05, 4.69) is 15.2 Å². The van der Waals surface area contributed by atoms with Crippen LogP contribution in [-0.2, 0) is 13.0 Å². The van der Waals surface area contributed by atoms with Crippen molar-refractivity contribution in [2.45, 2.75) is 38.0 Å². The maximum atomic E-state index is 10.3. The van der Waals surface area contributed by atoms with Gasteiger partial charge in [0.25, 0.3) is 0 Å². The second kappa shape index (κ2) is 8.07. The molecule has 3 rings (SSSR count). The van der Waals surface area contributed by atoms with Gasteiger partial charge in [0.15, 0.2) is 0 Å². The van der Waals surface area contributed by atoms with E-state index in [-0.39, 0.29) is 0 Å². The van der Waals surface area contributed by atoms with Gasteiger partial charge in [0.05, 0.1) is 18.3 Å². The van der Waals surface area contributed by atoms with E-state index in [1.54, 1.807) is 16.8 Å². The molecule has 7 heteroatoms. The molecule has 0 bridgehead atoms. The van der Waals surface area contributed by atoms with E-state index in [9.17, 15) is 5.11 Å². The monoisotopic (exact) mass is 349 g/mol. The second-order valence-corrected chi connectivity index (χ2v) is 6.86. The number of nitrogens with zero attached hydrogens (tertiary/aromatic N) is 4. The van der Waals surface area contributed by atoms with Crippen molar-refractivity contribution in [2.24, 2.45) is 5.73 Å². The maximum Gasteiger partial charge on any atom is 0.0986 e. The number of benzene rings is 1. The van der Waals surface area contributed by atoms with Crippen LogP contribution < -0.4 is 5.73 Å². The van der Waals surface area contributed by atoms with E-state index in [0.29, 0.717) is 17.6 Å². The summed E-state index contributed by atoms with van der Waals surface area (Å²) in [6, 6.07) is 7.56. The minimum atomic E-state index is -0.625. The minimum absolute atomic E-state index is 0.358. The highest BCUT2D eigenvalue weighted by Crippen LogP contribution is 2.18. The van der Waals surface area contributed by atoms with Crippen molar-refractivity contribution < 1.29 is 5.11 Å². The lowest BCUT2D eigenvalue weighted by molar-refractivity contribution is 0.150. The van der Waals surface area contributed by atoms with Crippen LogP contribution in [0.5, 0.6) is 0 Å². The topological polar surface area (TPSA) is 80.2 Å². The summed E-state index contributed by atoms with van der Waals surface area (Å²) in [5.74, 6) is 0. The molecule has 24 heavy (non-hydrogen) atoms. The van der Waals surface area contributed by atoms with Crippen LogP contribution in [-0.4, -0.2) is 50.7 Å². The molecule has 1 saturated heterocycles. The summed E-state index contributed by atoms with van der Waals surface area (Å²) in [4.78, 5) is 2.42. The highest BCUT2D eigenvalue weighted by atomic mass is 35.5. The molecule has 130 valence electrons. The summed E-state index contributed by atoms with van der Waals surface area (Å²) in [6.45, 7) is 3.48. The lowest BCUT2D eigenvalue weighted by Gasteiger charge is -2.29. The van der Waals surface area contributed by atoms with E-state index in [1.165, 1.54) is 0 Å². The number of hydrogen-bond donors (Lipinski definition) is 2. The van der Waals surface area contributed by atoms with E-state index in [0.717, 1.165) is 50.2 Å². The number of rotatable bonds is 6. The molecule has 0 saturated carbocycles. The molecule has 1 aromatic heterocycles. The van der Waals surface area contributed by atoms with Gasteiger partial charge in [0, 0.05) is 30.2 Å². The molecule has 1 aliphatic heterocycles. The molecular weight excluding hydrogens is 326 g/mol. The largest absolute Gasteiger partial charge is 0.386 e. The third-order valence-corrected chi connectivity index (χ3v) is 4.77. The molecule has 2 heterocycles. The first-order chi connectivity index (χ1) is 11.6. The van der Waals surface area contributed by atoms with Gasteiger partial charge in [-0.05, 0) is 43.6 Å². The van der Waals surface area contributed by atoms with Gasteiger partial charge in [-0.3, -0.25) is 0 Å². The summed E-state index contributed by atoms with van der Waals surface area (Å²) < 4.78 is 1.70. The van der Waals surface area contributed by atoms with Crippen molar-refractivity contribution in [3.8, 4) is 0 Å². The van der Waals surface area contributed by atoms with Crippen LogP contribution in [0.2, 0.25) is 5.02 Å². The second-order valence-electron chi connectivity index (χ2n) is 6.43. The number of aromatic nitrogens is 3. The quantitative estimate of drug-likeness (QED) is 0.828. The Bertz CT molecular complexity index is 637. The van der Waals surface area contributed by atoms with Gasteiger partial charge in [-0.25, -0.2) is 4.68 Å². The standard InChI is InChI=1S/C17H24ClN5O/c18-14-3-1-13(2-4-14)17(24)12-23-11-16(20-21-23)7-10-22-8-5-15(19)6-9-22/h1-4,11,15,17,24H,5-10,12,19H2/t17-/m0/s1. The summed E-state index contributed by atoms with van der Waals surface area (Å²) in [5, 5.41) is 19.3. The molecule has 0 spiro atoms. The van der Waals surface area contributed by atoms with Crippen LogP contribution >= 0.6 is 11.6 Å². The van der Waals surface area contributed by atoms with E-state index < -0.39 is 6.10 Å². The van der Waals surface area contributed by atoms with Gasteiger partial charge in [0.2, 0.25) is 0 Å². The van der Waals surface area contributed by atoms with Crippen molar-refractivity contribution in [3.05, 3.63) is 46.7 Å². The molecule has 3 N–H and O–H groups in total. The van der Waals surface area contributed by atoms with Crippen LogP contribution in [0, 0.1) is 0 Å². The Balaban J connectivity index is 1.49. The van der Waals surface area contributed by atoms with Crippen molar-refractivity contribution >= 4 is 11.6 Å². The van der Waals surface area contributed by atoms with Gasteiger partial charge >= 0.3 is 0 Å². The Hall–Kier alpha value is -1.47. The van der Waals surface area contributed by atoms with Crippen LogP contribution in [0.1, 0.15) is 30.2 Å². The number of piperidine rings is 1. The van der Waals surface area contributed by atoms with Gasteiger partial charge in [-0.15, -0.1) is 5.10 Å². The first-order valence-corrected chi connectivity index (χ1v) is 8.78. The Morgan fingerprint density at radius 1 is 1.25 bits per heavy atom. The molecule has 1 aliphatic rings. The van der Waals surface area contributed by atoms with Gasteiger partial charge < -0.3 is 15.7 Å². The number of likely N-dealkylation sites (tertiary alicyclic amines) is 1. The van der Waals surface area contributed by atoms with Crippen LogP contribution in [0.4, 0.5) is 0 Å². The predicted molar refractivity (Wildman–Crippen MR) is 93.8 cm³/mol. The normalized spacial score (nSPS) is 18.0. The molecule has 0 unspecified atom stereocenters. The molecule has 1 fully saturated rings. The Morgan fingerprint density at radius 2 is 1.96 bits per heavy atom. The number of halogens is 1. The lowest BCUT2D eigenvalue weighted by atomic mass is 10.1. The van der Waals surface area contributed by atoms with Gasteiger partial charge in [-0.1, -0.05) is 28.9 Å². The fourth-order valence-electron chi connectivity index (χ4n) is 2.96. The molecule has 0 aliphatic carbocycles. The van der Waals surface area contributed by atoms with Crippen molar-refractivity contribution in [2.75, 3.05) is 19.6 Å². The van der Waals surface area contributed by atoms with Gasteiger partial charge in [0.1, 0.15) is 0 Å². The highest BCUT2D eigenvalue weighted by molar-refractivity contribution is 6.30. The highest BCUT2D eigenvalue weighted by Gasteiger charge is 2.16. The summed E-state index contributed by atoms with van der Waals surface area (Å²) in [5.41, 5.74) is 7.70. The molecule has 6 nitrogen and oxygen atoms in total. The smallest absolute Gasteiger partial charge is 0.0986 e. The number of aliphatic hydroxyl groups excluding tert-OH is 1. The van der Waals surface area contributed by atoms with E-state index in [1.807, 2.05) is 18.3 Å². The number of nitrogens with two attached hydrogens (primary N) is 1. The third kappa shape index (κ3) is 4.77. The predicted octanol–water partition coefficient (Wildman–Crippen LogP) is 1.63. The average Bonchev–Trinajstić information content (AvgIpc) is 3.02. The third-order valence-electron chi connectivity index (χ3n) is 4.52. The zero-order valence-corrected chi connectivity index (χ0v) is 14.4. The summed E-state index contributed by atoms with van der Waals surface area (Å²) in [7, 11) is 0. The van der Waals surface area contributed by atoms with Crippen LogP contribution in [0.15, 0.2) is 30.5 Å². The Morgan fingerprint density at radius 3 is 2.67 bits per heavy atom. The molecular formula is C17H24ClN5O. The van der Waals surface area contributed by atoms with E-state index in [4.69, 9.17) is 17.3 Å². The fraction of sp³-hybridized carbons (Fsp3) is 0.529. The number of aliphatic hydroxyl groups is 1. The summed E-state index contributed by atoms with van der Waals surface area (Å²) in [6.07, 6.45) is 4.29. The molecule has 1 atom stereocenters. The van der Waals surface area contributed by atoms with Crippen LogP contribution in [0.25, 0.3) is 0 Å². The fourth-order valence-corrected chi connectivity index (χ4v) is 3.09. The molecule has 1 aromatic carbocycles. The minimum Gasteiger partial charge on any atom is -0.386 e. The van der Waals surface area contributed by atoms with Crippen LogP contribution in [0.3, 0.4) is 0 Å². The molecule has 0 radical (unpaired) electrons. The SMILES string of the molecule is NC1CCN(CCc2cn(C[C@H](O)c3ccc(Cl)cc3)nn2)CC1. The lowest BCUT2D eigenvalue weighted by Crippen LogP contribution is -2.40. The van der Waals surface area contributed by atoms with Crippen molar-refractivity contribution in [1.29, 1.82) is 0 Å². The van der Waals surface area contributed by atoms with E-state index >= 15 is 0 Å². The first kappa shape index (κ1) is 17.4. The first-order valence-electron chi connectivity index (χ1n) is 8.40. The number of hydrogen-bond acceptors (Lipinski definition) is 5. The summed E-state index contributed by atoms with van der Waals surface area (Å²) >= 11 is 5.87. The zero-order chi connectivity index (χ0) is 16.9. The van der Waals surface area contributed by atoms with Crippen molar-refractivity contribution in [3.63, 3.8) is 0 Å². The molecule has 2 aromatic rings. The Kier molecular flexibility index (Phi) is 5.84. The van der Waals surface area contributed by atoms with Gasteiger partial charge in [-0.2, -0.15) is 0 Å². The average molecular weight is 350 g/mol. The van der Waals surface area contributed by atoms with Crippen molar-refractivity contribution in [1.82, 2.24) is 19.9 Å². The Labute approximate surface area is 147 Å². The molecule has 0 amide bonds. The maximum absolute atomic E-state index is 10.3. The zero-order valence-electron chi connectivity index (χ0n) is 13.7.